The van der Waals surface area contributed by atoms with Crippen molar-refractivity contribution in [2.24, 2.45) is 0 Å². The zero-order valence-corrected chi connectivity index (χ0v) is 17.6. The molecule has 5 nitrogen and oxygen atoms in total. The predicted octanol–water partition coefficient (Wildman–Crippen LogP) is 3.90. The van der Waals surface area contributed by atoms with E-state index in [2.05, 4.69) is 5.32 Å². The second-order valence-corrected chi connectivity index (χ2v) is 9.51. The Hall–Kier alpha value is -1.60. The third kappa shape index (κ3) is 5.06. The van der Waals surface area contributed by atoms with Gasteiger partial charge >= 0.3 is 0 Å². The molecule has 1 amide bonds. The van der Waals surface area contributed by atoms with Gasteiger partial charge in [-0.3, -0.25) is 4.79 Å². The van der Waals surface area contributed by atoms with E-state index >= 15 is 0 Å². The number of nitrogens with zero attached hydrogens (tertiary/aromatic N) is 1. The number of benzene rings is 2. The van der Waals surface area contributed by atoms with Crippen LogP contribution in [0.25, 0.3) is 0 Å². The number of amides is 1. The van der Waals surface area contributed by atoms with Crippen LogP contribution in [0.5, 0.6) is 0 Å². The summed E-state index contributed by atoms with van der Waals surface area (Å²) in [5.74, 6) is -0.244. The molecule has 28 heavy (non-hydrogen) atoms. The highest BCUT2D eigenvalue weighted by atomic mass is 35.5. The topological polar surface area (TPSA) is 66.5 Å². The smallest absolute Gasteiger partial charge is 0.243 e. The van der Waals surface area contributed by atoms with Crippen LogP contribution in [-0.4, -0.2) is 37.8 Å². The largest absolute Gasteiger partial charge is 0.355 e. The first kappa shape index (κ1) is 21.1. The molecular formula is C20H22Cl2N2O3S. The molecule has 0 aliphatic carbocycles. The normalized spacial score (nSPS) is 17.6. The highest BCUT2D eigenvalue weighted by Crippen LogP contribution is 2.27. The van der Waals surface area contributed by atoms with E-state index in [0.29, 0.717) is 36.0 Å². The molecule has 0 aromatic heterocycles. The average Bonchev–Trinajstić information content (AvgIpc) is 3.18. The van der Waals surface area contributed by atoms with Crippen LogP contribution in [0.3, 0.4) is 0 Å². The molecule has 0 saturated carbocycles. The minimum absolute atomic E-state index is 0.152. The van der Waals surface area contributed by atoms with E-state index in [4.69, 9.17) is 23.2 Å². The molecule has 3 rings (SSSR count). The van der Waals surface area contributed by atoms with Crippen molar-refractivity contribution in [2.75, 3.05) is 13.1 Å². The minimum Gasteiger partial charge on any atom is -0.355 e. The summed E-state index contributed by atoms with van der Waals surface area (Å²) < 4.78 is 27.1. The number of halogens is 2. The number of carbonyl (C=O) groups excluding carboxylic acids is 1. The summed E-state index contributed by atoms with van der Waals surface area (Å²) >= 11 is 11.7. The number of aryl methyl sites for hydroxylation is 1. The molecule has 0 spiro atoms. The van der Waals surface area contributed by atoms with Gasteiger partial charge in [0.25, 0.3) is 0 Å². The number of nitrogens with one attached hydrogen (secondary N) is 1. The fourth-order valence-corrected chi connectivity index (χ4v) is 5.21. The summed E-state index contributed by atoms with van der Waals surface area (Å²) in [7, 11) is -3.73. The van der Waals surface area contributed by atoms with Crippen LogP contribution in [0.1, 0.15) is 24.8 Å². The molecule has 1 N–H and O–H groups in total. The maximum absolute atomic E-state index is 12.9. The lowest BCUT2D eigenvalue weighted by Crippen LogP contribution is -2.46. The van der Waals surface area contributed by atoms with Gasteiger partial charge in [0.1, 0.15) is 6.04 Å². The Kier molecular flexibility index (Phi) is 6.99. The molecule has 8 heteroatoms. The summed E-state index contributed by atoms with van der Waals surface area (Å²) in [5, 5.41) is 4.04. The van der Waals surface area contributed by atoms with E-state index in [1.807, 2.05) is 24.3 Å². The van der Waals surface area contributed by atoms with Crippen LogP contribution in [0.4, 0.5) is 0 Å². The van der Waals surface area contributed by atoms with Gasteiger partial charge in [0.2, 0.25) is 15.9 Å². The summed E-state index contributed by atoms with van der Waals surface area (Å²) in [6.45, 7) is 0.834. The first-order valence-corrected chi connectivity index (χ1v) is 11.4. The Morgan fingerprint density at radius 1 is 1.04 bits per heavy atom. The van der Waals surface area contributed by atoms with Gasteiger partial charge < -0.3 is 5.32 Å². The monoisotopic (exact) mass is 440 g/mol. The number of hydrogen-bond acceptors (Lipinski definition) is 3. The molecule has 1 fully saturated rings. The van der Waals surface area contributed by atoms with Gasteiger partial charge in [0, 0.05) is 23.1 Å². The Balaban J connectivity index is 1.56. The maximum Gasteiger partial charge on any atom is 0.243 e. The molecule has 1 aliphatic heterocycles. The Morgan fingerprint density at radius 3 is 2.29 bits per heavy atom. The van der Waals surface area contributed by atoms with Gasteiger partial charge in [0.05, 0.1) is 4.90 Å². The third-order valence-corrected chi connectivity index (χ3v) is 7.21. The van der Waals surface area contributed by atoms with Gasteiger partial charge in [-0.1, -0.05) is 35.3 Å². The van der Waals surface area contributed by atoms with E-state index in [0.717, 1.165) is 18.4 Å². The first-order valence-electron chi connectivity index (χ1n) is 9.17. The van der Waals surface area contributed by atoms with Crippen LogP contribution in [0, 0.1) is 0 Å². The number of rotatable bonds is 7. The zero-order valence-electron chi connectivity index (χ0n) is 15.3. The summed E-state index contributed by atoms with van der Waals surface area (Å²) in [4.78, 5) is 12.7. The molecular weight excluding hydrogens is 419 g/mol. The van der Waals surface area contributed by atoms with Crippen molar-refractivity contribution in [3.05, 3.63) is 64.1 Å². The molecule has 1 unspecified atom stereocenters. The van der Waals surface area contributed by atoms with Crippen LogP contribution >= 0.6 is 23.2 Å². The SMILES string of the molecule is O=C(NCCCc1ccc(Cl)cc1)C1CCCN1S(=O)(=O)c1ccc(Cl)cc1. The van der Waals surface area contributed by atoms with E-state index in [9.17, 15) is 13.2 Å². The quantitative estimate of drug-likeness (QED) is 0.663. The van der Waals surface area contributed by atoms with E-state index in [1.165, 1.54) is 28.6 Å². The van der Waals surface area contributed by atoms with Gasteiger partial charge in [-0.2, -0.15) is 4.31 Å². The molecule has 1 saturated heterocycles. The number of hydrogen-bond donors (Lipinski definition) is 1. The van der Waals surface area contributed by atoms with Crippen molar-refractivity contribution < 1.29 is 13.2 Å². The maximum atomic E-state index is 12.9. The van der Waals surface area contributed by atoms with Crippen molar-refractivity contribution in [3.8, 4) is 0 Å². The molecule has 1 aliphatic rings. The number of sulfonamides is 1. The minimum atomic E-state index is -3.73. The van der Waals surface area contributed by atoms with Gasteiger partial charge in [-0.15, -0.1) is 0 Å². The predicted molar refractivity (Wildman–Crippen MR) is 111 cm³/mol. The van der Waals surface area contributed by atoms with Crippen LogP contribution in [0.15, 0.2) is 53.4 Å². The fraction of sp³-hybridized carbons (Fsp3) is 0.350. The second kappa shape index (κ2) is 9.27. The van der Waals surface area contributed by atoms with Crippen molar-refractivity contribution in [1.29, 1.82) is 0 Å². The van der Waals surface area contributed by atoms with E-state index in [1.54, 1.807) is 0 Å². The van der Waals surface area contributed by atoms with Crippen LogP contribution in [0.2, 0.25) is 10.0 Å². The lowest BCUT2D eigenvalue weighted by Gasteiger charge is -2.23. The van der Waals surface area contributed by atoms with Crippen molar-refractivity contribution in [1.82, 2.24) is 9.62 Å². The van der Waals surface area contributed by atoms with Crippen LogP contribution < -0.4 is 5.32 Å². The van der Waals surface area contributed by atoms with Crippen LogP contribution in [-0.2, 0) is 21.2 Å². The average molecular weight is 441 g/mol. The third-order valence-electron chi connectivity index (χ3n) is 4.78. The summed E-state index contributed by atoms with van der Waals surface area (Å²) in [6, 6.07) is 12.9. The molecule has 0 bridgehead atoms. The van der Waals surface area contributed by atoms with E-state index in [-0.39, 0.29) is 10.8 Å². The Bertz CT molecular complexity index is 915. The summed E-state index contributed by atoms with van der Waals surface area (Å²) in [6.07, 6.45) is 2.77. The van der Waals surface area contributed by atoms with Crippen molar-refractivity contribution in [3.63, 3.8) is 0 Å². The Morgan fingerprint density at radius 2 is 1.64 bits per heavy atom. The lowest BCUT2D eigenvalue weighted by atomic mass is 10.1. The van der Waals surface area contributed by atoms with E-state index < -0.39 is 16.1 Å². The Labute approximate surface area is 175 Å². The van der Waals surface area contributed by atoms with Gasteiger partial charge in [-0.25, -0.2) is 8.42 Å². The number of carbonyl (C=O) groups is 1. The molecule has 2 aromatic rings. The van der Waals surface area contributed by atoms with Crippen molar-refractivity contribution in [2.45, 2.75) is 36.6 Å². The fourth-order valence-electron chi connectivity index (χ4n) is 3.30. The first-order chi connectivity index (χ1) is 13.4. The second-order valence-electron chi connectivity index (χ2n) is 6.75. The molecule has 1 heterocycles. The molecule has 2 aromatic carbocycles. The highest BCUT2D eigenvalue weighted by Gasteiger charge is 2.39. The molecule has 1 atom stereocenters. The molecule has 150 valence electrons. The van der Waals surface area contributed by atoms with Gasteiger partial charge in [-0.05, 0) is 67.6 Å². The lowest BCUT2D eigenvalue weighted by molar-refractivity contribution is -0.124. The van der Waals surface area contributed by atoms with Gasteiger partial charge in [0.15, 0.2) is 0 Å². The molecule has 0 radical (unpaired) electrons. The standard InChI is InChI=1S/C20H22Cl2N2O3S/c21-16-7-5-15(6-8-16)3-1-13-23-20(25)19-4-2-14-24(19)28(26,27)18-11-9-17(22)10-12-18/h5-12,19H,1-4,13-14H2,(H,23,25). The highest BCUT2D eigenvalue weighted by molar-refractivity contribution is 7.89. The zero-order chi connectivity index (χ0) is 20.1. The van der Waals surface area contributed by atoms with Crippen molar-refractivity contribution >= 4 is 39.1 Å². The summed E-state index contributed by atoms with van der Waals surface area (Å²) in [5.41, 5.74) is 1.14.